The first-order valence-electron chi connectivity index (χ1n) is 8.64. The third kappa shape index (κ3) is 5.57. The number of hydrogen-bond donors (Lipinski definition) is 0. The van der Waals surface area contributed by atoms with Crippen molar-refractivity contribution in [2.24, 2.45) is 0 Å². The summed E-state index contributed by atoms with van der Waals surface area (Å²) in [4.78, 5) is 26.5. The Hall–Kier alpha value is -1.48. The molecule has 2 amide bonds. The largest absolute Gasteiger partial charge is 0.492 e. The summed E-state index contributed by atoms with van der Waals surface area (Å²) >= 11 is 13.7. The van der Waals surface area contributed by atoms with Crippen LogP contribution in [-0.4, -0.2) is 35.8 Å². The second-order valence-corrected chi connectivity index (χ2v) is 9.02. The molecule has 0 radical (unpaired) electrons. The summed E-state index contributed by atoms with van der Waals surface area (Å²) in [6.45, 7) is 2.81. The van der Waals surface area contributed by atoms with Gasteiger partial charge in [-0.2, -0.15) is 0 Å². The molecule has 1 aliphatic rings. The van der Waals surface area contributed by atoms with Gasteiger partial charge in [0.15, 0.2) is 0 Å². The number of halogens is 3. The van der Waals surface area contributed by atoms with Crippen molar-refractivity contribution in [2.45, 2.75) is 6.92 Å². The van der Waals surface area contributed by atoms with E-state index in [0.29, 0.717) is 28.0 Å². The predicted octanol–water partition coefficient (Wildman–Crippen LogP) is 6.38. The summed E-state index contributed by atoms with van der Waals surface area (Å²) in [5.41, 5.74) is 0.773. The number of nitrogens with zero attached hydrogens (tertiary/aromatic N) is 1. The Labute approximate surface area is 194 Å². The van der Waals surface area contributed by atoms with Crippen LogP contribution < -0.4 is 9.47 Å². The maximum Gasteiger partial charge on any atom is 0.293 e. The number of carbonyl (C=O) groups is 2. The first kappa shape index (κ1) is 22.2. The highest BCUT2D eigenvalue weighted by Gasteiger charge is 2.34. The van der Waals surface area contributed by atoms with E-state index in [1.807, 2.05) is 19.1 Å². The van der Waals surface area contributed by atoms with Crippen molar-refractivity contribution < 1.29 is 19.1 Å². The molecule has 1 aliphatic heterocycles. The Balaban J connectivity index is 1.67. The number of imide groups is 1. The predicted molar refractivity (Wildman–Crippen MR) is 123 cm³/mol. The van der Waals surface area contributed by atoms with Gasteiger partial charge in [0.05, 0.1) is 27.0 Å². The van der Waals surface area contributed by atoms with Crippen LogP contribution >= 0.6 is 55.2 Å². The molecule has 0 atom stereocenters. The molecule has 0 aromatic heterocycles. The number of thioether (sulfide) groups is 1. The van der Waals surface area contributed by atoms with Gasteiger partial charge >= 0.3 is 0 Å². The average molecular weight is 562 g/mol. The lowest BCUT2D eigenvalue weighted by Crippen LogP contribution is -2.32. The van der Waals surface area contributed by atoms with Gasteiger partial charge in [-0.05, 0) is 98.6 Å². The first-order valence-corrected chi connectivity index (χ1v) is 11.4. The molecule has 1 heterocycles. The molecule has 0 saturated carbocycles. The van der Waals surface area contributed by atoms with Crippen molar-refractivity contribution in [1.29, 1.82) is 0 Å². The van der Waals surface area contributed by atoms with Crippen molar-refractivity contribution in [3.63, 3.8) is 0 Å². The number of amides is 2. The monoisotopic (exact) mass is 559 g/mol. The smallest absolute Gasteiger partial charge is 0.293 e. The molecule has 2 aromatic rings. The Morgan fingerprint density at radius 3 is 2.38 bits per heavy atom. The van der Waals surface area contributed by atoms with Crippen LogP contribution in [0, 0.1) is 0 Å². The zero-order valence-electron chi connectivity index (χ0n) is 15.3. The van der Waals surface area contributed by atoms with E-state index < -0.39 is 0 Å². The van der Waals surface area contributed by atoms with Crippen LogP contribution in [-0.2, 0) is 4.79 Å². The third-order valence-corrected chi connectivity index (χ3v) is 6.22. The first-order chi connectivity index (χ1) is 13.9. The molecule has 1 fully saturated rings. The fraction of sp³-hybridized carbons (Fsp3) is 0.200. The van der Waals surface area contributed by atoms with Crippen LogP contribution in [0.2, 0.25) is 5.02 Å². The molecular formula is C20H16Br2ClNO4S. The van der Waals surface area contributed by atoms with Gasteiger partial charge in [0, 0.05) is 5.02 Å². The average Bonchev–Trinajstić information content (AvgIpc) is 2.93. The van der Waals surface area contributed by atoms with E-state index in [0.717, 1.165) is 26.3 Å². The van der Waals surface area contributed by atoms with Crippen LogP contribution in [0.3, 0.4) is 0 Å². The van der Waals surface area contributed by atoms with E-state index in [1.165, 1.54) is 4.90 Å². The van der Waals surface area contributed by atoms with E-state index in [4.69, 9.17) is 21.1 Å². The highest BCUT2D eigenvalue weighted by atomic mass is 79.9. The van der Waals surface area contributed by atoms with Crippen molar-refractivity contribution in [3.05, 3.63) is 60.8 Å². The summed E-state index contributed by atoms with van der Waals surface area (Å²) in [6.07, 6.45) is 1.69. The Bertz CT molecular complexity index is 942. The Morgan fingerprint density at radius 2 is 1.76 bits per heavy atom. The zero-order valence-corrected chi connectivity index (χ0v) is 20.0. The molecule has 152 valence electrons. The van der Waals surface area contributed by atoms with Gasteiger partial charge in [-0.1, -0.05) is 11.6 Å². The van der Waals surface area contributed by atoms with E-state index in [1.54, 1.807) is 30.3 Å². The maximum absolute atomic E-state index is 12.6. The van der Waals surface area contributed by atoms with Crippen LogP contribution in [0.1, 0.15) is 12.5 Å². The molecule has 3 rings (SSSR count). The summed E-state index contributed by atoms with van der Waals surface area (Å²) in [6, 6.07) is 10.6. The van der Waals surface area contributed by atoms with Gasteiger partial charge in [0.25, 0.3) is 11.1 Å². The minimum atomic E-state index is -0.333. The lowest BCUT2D eigenvalue weighted by Gasteiger charge is -2.13. The number of hydrogen-bond acceptors (Lipinski definition) is 5. The van der Waals surface area contributed by atoms with Gasteiger partial charge in [-0.15, -0.1) is 0 Å². The molecule has 0 N–H and O–H groups in total. The summed E-state index contributed by atoms with van der Waals surface area (Å²) in [5, 5.41) is 0.297. The van der Waals surface area contributed by atoms with Gasteiger partial charge in [0.1, 0.15) is 18.1 Å². The van der Waals surface area contributed by atoms with E-state index in [-0.39, 0.29) is 24.3 Å². The number of benzene rings is 2. The standard InChI is InChI=1S/C20H16Br2ClNO4S/c1-2-27-18-15(21)9-12(10-16(18)22)11-17-19(25)24(20(26)29-17)7-8-28-14-5-3-13(23)4-6-14/h3-6,9-11H,2,7-8H2,1H3/b17-11-. The molecule has 0 spiro atoms. The summed E-state index contributed by atoms with van der Waals surface area (Å²) in [5.74, 6) is 0.985. The zero-order chi connectivity index (χ0) is 21.0. The van der Waals surface area contributed by atoms with Gasteiger partial charge < -0.3 is 9.47 Å². The van der Waals surface area contributed by atoms with Gasteiger partial charge in [-0.3, -0.25) is 14.5 Å². The van der Waals surface area contributed by atoms with E-state index >= 15 is 0 Å². The van der Waals surface area contributed by atoms with Crippen molar-refractivity contribution in [2.75, 3.05) is 19.8 Å². The summed E-state index contributed by atoms with van der Waals surface area (Å²) in [7, 11) is 0. The normalized spacial score (nSPS) is 15.3. The van der Waals surface area contributed by atoms with Crippen LogP contribution in [0.15, 0.2) is 50.2 Å². The number of carbonyl (C=O) groups excluding carboxylic acids is 2. The molecular weight excluding hydrogens is 546 g/mol. The fourth-order valence-corrected chi connectivity index (χ4v) is 5.02. The molecule has 0 aliphatic carbocycles. The molecule has 1 saturated heterocycles. The maximum atomic E-state index is 12.6. The lowest BCUT2D eigenvalue weighted by molar-refractivity contribution is -0.123. The van der Waals surface area contributed by atoms with Gasteiger partial charge in [-0.25, -0.2) is 0 Å². The second kappa shape index (κ2) is 10.0. The Morgan fingerprint density at radius 1 is 1.10 bits per heavy atom. The minimum absolute atomic E-state index is 0.168. The second-order valence-electron chi connectivity index (χ2n) is 5.88. The van der Waals surface area contributed by atoms with Gasteiger partial charge in [0.2, 0.25) is 0 Å². The van der Waals surface area contributed by atoms with E-state index in [2.05, 4.69) is 31.9 Å². The van der Waals surface area contributed by atoms with Crippen molar-refractivity contribution >= 4 is 72.4 Å². The topological polar surface area (TPSA) is 55.8 Å². The lowest BCUT2D eigenvalue weighted by atomic mass is 10.2. The SMILES string of the molecule is CCOc1c(Br)cc(/C=C2\SC(=O)N(CCOc3ccc(Cl)cc3)C2=O)cc1Br. The Kier molecular flexibility index (Phi) is 7.67. The molecule has 29 heavy (non-hydrogen) atoms. The quantitative estimate of drug-likeness (QED) is 0.367. The molecule has 9 heteroatoms. The number of ether oxygens (including phenoxy) is 2. The van der Waals surface area contributed by atoms with Crippen LogP contribution in [0.4, 0.5) is 4.79 Å². The number of rotatable bonds is 7. The van der Waals surface area contributed by atoms with Crippen molar-refractivity contribution in [3.8, 4) is 11.5 Å². The van der Waals surface area contributed by atoms with Crippen LogP contribution in [0.5, 0.6) is 11.5 Å². The molecule has 5 nitrogen and oxygen atoms in total. The van der Waals surface area contributed by atoms with E-state index in [9.17, 15) is 9.59 Å². The highest BCUT2D eigenvalue weighted by molar-refractivity contribution is 9.11. The van der Waals surface area contributed by atoms with Crippen LogP contribution in [0.25, 0.3) is 6.08 Å². The highest BCUT2D eigenvalue weighted by Crippen LogP contribution is 2.37. The molecule has 2 aromatic carbocycles. The fourth-order valence-electron chi connectivity index (χ4n) is 2.57. The van der Waals surface area contributed by atoms with Crippen molar-refractivity contribution in [1.82, 2.24) is 4.90 Å². The molecule has 0 bridgehead atoms. The summed E-state index contributed by atoms with van der Waals surface area (Å²) < 4.78 is 12.7. The molecule has 0 unspecified atom stereocenters. The third-order valence-electron chi connectivity index (χ3n) is 3.88. The minimum Gasteiger partial charge on any atom is -0.492 e.